The van der Waals surface area contributed by atoms with E-state index >= 15 is 0 Å². The summed E-state index contributed by atoms with van der Waals surface area (Å²) < 4.78 is 5.33. The minimum absolute atomic E-state index is 0.663. The Bertz CT molecular complexity index is 538. The summed E-state index contributed by atoms with van der Waals surface area (Å²) in [5.74, 6) is 0.853. The fraction of sp³-hybridized carbons (Fsp3) is 0.429. The lowest BCUT2D eigenvalue weighted by atomic mass is 9.98. The van der Waals surface area contributed by atoms with Gasteiger partial charge in [-0.15, -0.1) is 0 Å². The molecule has 1 aromatic carbocycles. The molecule has 1 saturated carbocycles. The van der Waals surface area contributed by atoms with E-state index < -0.39 is 5.60 Å². The van der Waals surface area contributed by atoms with Crippen molar-refractivity contribution in [3.63, 3.8) is 0 Å². The van der Waals surface area contributed by atoms with Crippen molar-refractivity contribution in [2.45, 2.75) is 31.3 Å². The molecule has 1 aliphatic carbocycles. The molecular weight excluding hydrogens is 214 g/mol. The highest BCUT2D eigenvalue weighted by atomic mass is 16.5. The third kappa shape index (κ3) is 1.62. The van der Waals surface area contributed by atoms with Gasteiger partial charge in [-0.05, 0) is 31.0 Å². The molecule has 2 N–H and O–H groups in total. The summed E-state index contributed by atoms with van der Waals surface area (Å²) in [4.78, 5) is 3.32. The van der Waals surface area contributed by atoms with E-state index in [-0.39, 0.29) is 0 Å². The van der Waals surface area contributed by atoms with E-state index in [0.29, 0.717) is 0 Å². The van der Waals surface area contributed by atoms with Crippen molar-refractivity contribution < 1.29 is 9.84 Å². The molecule has 1 aliphatic rings. The van der Waals surface area contributed by atoms with E-state index in [1.807, 2.05) is 24.3 Å². The number of methoxy groups -OCH3 is 1. The Labute approximate surface area is 100 Å². The highest BCUT2D eigenvalue weighted by Crippen LogP contribution is 2.40. The topological polar surface area (TPSA) is 45.2 Å². The van der Waals surface area contributed by atoms with Crippen LogP contribution >= 0.6 is 0 Å². The number of H-pyrrole nitrogens is 1. The number of benzene rings is 1. The fourth-order valence-corrected chi connectivity index (χ4v) is 2.79. The fourth-order valence-electron chi connectivity index (χ4n) is 2.79. The Morgan fingerprint density at radius 3 is 2.76 bits per heavy atom. The Morgan fingerprint density at radius 2 is 2.06 bits per heavy atom. The zero-order valence-corrected chi connectivity index (χ0v) is 9.99. The molecule has 0 amide bonds. The maximum absolute atomic E-state index is 10.6. The second kappa shape index (κ2) is 3.77. The molecule has 0 unspecified atom stereocenters. The predicted octanol–water partition coefficient (Wildman–Crippen LogP) is 2.94. The van der Waals surface area contributed by atoms with Gasteiger partial charge >= 0.3 is 0 Å². The number of ether oxygens (including phenoxy) is 1. The first-order valence-electron chi connectivity index (χ1n) is 6.11. The molecule has 17 heavy (non-hydrogen) atoms. The molecule has 0 spiro atoms. The van der Waals surface area contributed by atoms with Crippen LogP contribution in [-0.4, -0.2) is 17.2 Å². The van der Waals surface area contributed by atoms with Gasteiger partial charge in [0.15, 0.2) is 0 Å². The van der Waals surface area contributed by atoms with Gasteiger partial charge in [0.1, 0.15) is 11.4 Å². The Hall–Kier alpha value is -1.48. The zero-order chi connectivity index (χ0) is 11.9. The molecule has 3 heteroatoms. The van der Waals surface area contributed by atoms with Gasteiger partial charge in [0, 0.05) is 16.6 Å². The summed E-state index contributed by atoms with van der Waals surface area (Å²) in [6.45, 7) is 0. The standard InChI is InChI=1S/C14H17NO2/c1-17-12-6-4-5-11-10(12)9-13(15-11)14(16)7-2-3-8-14/h4-6,9,15-16H,2-3,7-8H2,1H3. The van der Waals surface area contributed by atoms with Crippen LogP contribution in [0, 0.1) is 0 Å². The first-order chi connectivity index (χ1) is 8.23. The van der Waals surface area contributed by atoms with Gasteiger partial charge in [-0.2, -0.15) is 0 Å². The Kier molecular flexibility index (Phi) is 2.37. The van der Waals surface area contributed by atoms with Crippen LogP contribution in [0.25, 0.3) is 10.9 Å². The van der Waals surface area contributed by atoms with Gasteiger partial charge in [0.25, 0.3) is 0 Å². The van der Waals surface area contributed by atoms with Gasteiger partial charge in [0.2, 0.25) is 0 Å². The van der Waals surface area contributed by atoms with Crippen molar-refractivity contribution in [1.29, 1.82) is 0 Å². The number of aliphatic hydroxyl groups is 1. The largest absolute Gasteiger partial charge is 0.496 e. The molecule has 1 fully saturated rings. The molecule has 1 heterocycles. The number of hydrogen-bond acceptors (Lipinski definition) is 2. The van der Waals surface area contributed by atoms with Crippen LogP contribution in [0.1, 0.15) is 31.4 Å². The van der Waals surface area contributed by atoms with Crippen LogP contribution in [0.15, 0.2) is 24.3 Å². The predicted molar refractivity (Wildman–Crippen MR) is 67.2 cm³/mol. The minimum atomic E-state index is -0.663. The first kappa shape index (κ1) is 10.7. The van der Waals surface area contributed by atoms with Crippen molar-refractivity contribution >= 4 is 10.9 Å². The van der Waals surface area contributed by atoms with E-state index in [4.69, 9.17) is 4.74 Å². The number of aromatic amines is 1. The SMILES string of the molecule is COc1cccc2[nH]c(C3(O)CCCC3)cc12. The molecule has 3 nitrogen and oxygen atoms in total. The molecule has 0 saturated heterocycles. The molecular formula is C14H17NO2. The molecule has 0 bridgehead atoms. The summed E-state index contributed by atoms with van der Waals surface area (Å²) in [6.07, 6.45) is 3.90. The second-order valence-corrected chi connectivity index (χ2v) is 4.84. The van der Waals surface area contributed by atoms with E-state index in [1.165, 1.54) is 0 Å². The maximum atomic E-state index is 10.6. The van der Waals surface area contributed by atoms with Gasteiger partial charge < -0.3 is 14.8 Å². The van der Waals surface area contributed by atoms with Crippen LogP contribution in [0.2, 0.25) is 0 Å². The normalized spacial score (nSPS) is 18.7. The number of fused-ring (bicyclic) bond motifs is 1. The van der Waals surface area contributed by atoms with E-state index in [2.05, 4.69) is 4.98 Å². The molecule has 90 valence electrons. The zero-order valence-electron chi connectivity index (χ0n) is 9.99. The van der Waals surface area contributed by atoms with Crippen molar-refractivity contribution in [3.05, 3.63) is 30.0 Å². The third-order valence-corrected chi connectivity index (χ3v) is 3.78. The van der Waals surface area contributed by atoms with E-state index in [9.17, 15) is 5.11 Å². The van der Waals surface area contributed by atoms with Crippen molar-refractivity contribution in [3.8, 4) is 5.75 Å². The first-order valence-corrected chi connectivity index (χ1v) is 6.11. The van der Waals surface area contributed by atoms with Gasteiger partial charge in [0.05, 0.1) is 7.11 Å². The van der Waals surface area contributed by atoms with Crippen LogP contribution in [0.4, 0.5) is 0 Å². The summed E-state index contributed by atoms with van der Waals surface area (Å²) in [5.41, 5.74) is 1.29. The van der Waals surface area contributed by atoms with Crippen LogP contribution < -0.4 is 4.74 Å². The third-order valence-electron chi connectivity index (χ3n) is 3.78. The lowest BCUT2D eigenvalue weighted by molar-refractivity contribution is 0.0407. The van der Waals surface area contributed by atoms with Gasteiger partial charge in [-0.1, -0.05) is 18.9 Å². The quantitative estimate of drug-likeness (QED) is 0.834. The number of hydrogen-bond donors (Lipinski definition) is 2. The average Bonchev–Trinajstić information content (AvgIpc) is 2.95. The maximum Gasteiger partial charge on any atom is 0.128 e. The molecule has 2 aromatic rings. The van der Waals surface area contributed by atoms with Crippen LogP contribution in [-0.2, 0) is 5.60 Å². The highest BCUT2D eigenvalue weighted by Gasteiger charge is 2.34. The molecule has 0 atom stereocenters. The Balaban J connectivity index is 2.13. The van der Waals surface area contributed by atoms with Crippen molar-refractivity contribution in [1.82, 2.24) is 4.98 Å². The second-order valence-electron chi connectivity index (χ2n) is 4.84. The summed E-state index contributed by atoms with van der Waals surface area (Å²) in [5, 5.41) is 11.6. The van der Waals surface area contributed by atoms with Gasteiger partial charge in [-0.3, -0.25) is 0 Å². The summed E-state index contributed by atoms with van der Waals surface area (Å²) in [6, 6.07) is 7.94. The number of rotatable bonds is 2. The molecule has 0 radical (unpaired) electrons. The smallest absolute Gasteiger partial charge is 0.128 e. The summed E-state index contributed by atoms with van der Waals surface area (Å²) >= 11 is 0. The average molecular weight is 231 g/mol. The summed E-state index contributed by atoms with van der Waals surface area (Å²) in [7, 11) is 1.67. The molecule has 0 aliphatic heterocycles. The highest BCUT2D eigenvalue weighted by molar-refractivity contribution is 5.86. The lowest BCUT2D eigenvalue weighted by Crippen LogP contribution is -2.21. The lowest BCUT2D eigenvalue weighted by Gasteiger charge is -2.20. The van der Waals surface area contributed by atoms with Crippen LogP contribution in [0.3, 0.4) is 0 Å². The van der Waals surface area contributed by atoms with Crippen molar-refractivity contribution in [2.75, 3.05) is 7.11 Å². The molecule has 1 aromatic heterocycles. The Morgan fingerprint density at radius 1 is 1.29 bits per heavy atom. The van der Waals surface area contributed by atoms with Crippen LogP contribution in [0.5, 0.6) is 5.75 Å². The monoisotopic (exact) mass is 231 g/mol. The molecule has 3 rings (SSSR count). The number of nitrogens with one attached hydrogen (secondary N) is 1. The van der Waals surface area contributed by atoms with Gasteiger partial charge in [-0.25, -0.2) is 0 Å². The minimum Gasteiger partial charge on any atom is -0.496 e. The number of aromatic nitrogens is 1. The van der Waals surface area contributed by atoms with Crippen molar-refractivity contribution in [2.24, 2.45) is 0 Å². The van der Waals surface area contributed by atoms with E-state index in [0.717, 1.165) is 48.0 Å². The van der Waals surface area contributed by atoms with E-state index in [1.54, 1.807) is 7.11 Å².